The van der Waals surface area contributed by atoms with Crippen LogP contribution in [0.3, 0.4) is 0 Å². The normalized spacial score (nSPS) is 44.9. The maximum absolute atomic E-state index is 11.2. The fourth-order valence-corrected chi connectivity index (χ4v) is 4.68. The number of fused-ring (bicyclic) bond motifs is 1. The molecule has 0 radical (unpaired) electrons. The van der Waals surface area contributed by atoms with Crippen LogP contribution in [-0.2, 0) is 14.6 Å². The highest BCUT2D eigenvalue weighted by atomic mass is 32.2. The first-order chi connectivity index (χ1) is 5.17. The van der Waals surface area contributed by atoms with Crippen molar-refractivity contribution in [3.63, 3.8) is 0 Å². The molecule has 0 aromatic heterocycles. The molecule has 1 heterocycles. The summed E-state index contributed by atoms with van der Waals surface area (Å²) in [7, 11) is -2.78. The maximum atomic E-state index is 11.2. The zero-order chi connectivity index (χ0) is 8.06. The molecule has 0 amide bonds. The highest BCUT2D eigenvalue weighted by Gasteiger charge is 2.61. The van der Waals surface area contributed by atoms with Crippen LogP contribution < -0.4 is 0 Å². The molecule has 2 fully saturated rings. The van der Waals surface area contributed by atoms with Gasteiger partial charge in [0.1, 0.15) is 6.29 Å². The number of carbonyl (C=O) groups excluding carboxylic acids is 1. The molecule has 1 aliphatic heterocycles. The van der Waals surface area contributed by atoms with Crippen LogP contribution in [0.2, 0.25) is 0 Å². The topological polar surface area (TPSA) is 51.2 Å². The van der Waals surface area contributed by atoms with E-state index in [1.165, 1.54) is 0 Å². The summed E-state index contributed by atoms with van der Waals surface area (Å²) >= 11 is 0. The van der Waals surface area contributed by atoms with E-state index in [2.05, 4.69) is 0 Å². The van der Waals surface area contributed by atoms with E-state index in [9.17, 15) is 13.2 Å². The first kappa shape index (κ1) is 7.28. The second-order valence-corrected chi connectivity index (χ2v) is 5.63. The summed E-state index contributed by atoms with van der Waals surface area (Å²) < 4.78 is 22.3. The molecule has 1 saturated carbocycles. The van der Waals surface area contributed by atoms with Gasteiger partial charge in [-0.15, -0.1) is 0 Å². The molecule has 11 heavy (non-hydrogen) atoms. The lowest BCUT2D eigenvalue weighted by Gasteiger charge is -1.97. The summed E-state index contributed by atoms with van der Waals surface area (Å²) in [5, 5.41) is -0.146. The monoisotopic (exact) mass is 174 g/mol. The molecule has 3 nitrogen and oxygen atoms in total. The fraction of sp³-hybridized carbons (Fsp3) is 0.857. The number of rotatable bonds is 2. The summed E-state index contributed by atoms with van der Waals surface area (Å²) in [5.74, 6) is 0.842. The van der Waals surface area contributed by atoms with Gasteiger partial charge in [0, 0.05) is 6.42 Å². The van der Waals surface area contributed by atoms with Crippen LogP contribution in [0.25, 0.3) is 0 Å². The second-order valence-electron chi connectivity index (χ2n) is 3.35. The Bertz CT molecular complexity index is 280. The minimum Gasteiger partial charge on any atom is -0.303 e. The first-order valence-corrected chi connectivity index (χ1v) is 5.53. The summed E-state index contributed by atoms with van der Waals surface area (Å²) in [4.78, 5) is 10.1. The van der Waals surface area contributed by atoms with Crippen molar-refractivity contribution in [1.29, 1.82) is 0 Å². The number of aldehydes is 1. The van der Waals surface area contributed by atoms with Gasteiger partial charge in [0.15, 0.2) is 9.84 Å². The Labute approximate surface area is 65.7 Å². The van der Waals surface area contributed by atoms with E-state index in [0.29, 0.717) is 18.1 Å². The van der Waals surface area contributed by atoms with Crippen LogP contribution in [-0.4, -0.2) is 25.7 Å². The molecule has 2 aliphatic rings. The van der Waals surface area contributed by atoms with E-state index < -0.39 is 9.84 Å². The Morgan fingerprint density at radius 2 is 2.18 bits per heavy atom. The third kappa shape index (κ3) is 0.922. The van der Waals surface area contributed by atoms with Crippen LogP contribution in [0, 0.1) is 11.8 Å². The van der Waals surface area contributed by atoms with Gasteiger partial charge in [-0.25, -0.2) is 8.42 Å². The highest BCUT2D eigenvalue weighted by molar-refractivity contribution is 7.92. The third-order valence-electron chi connectivity index (χ3n) is 2.77. The van der Waals surface area contributed by atoms with Crippen molar-refractivity contribution in [2.24, 2.45) is 11.8 Å². The number of sulfone groups is 1. The quantitative estimate of drug-likeness (QED) is 0.554. The Morgan fingerprint density at radius 3 is 2.64 bits per heavy atom. The van der Waals surface area contributed by atoms with E-state index >= 15 is 0 Å². The Morgan fingerprint density at radius 1 is 1.45 bits per heavy atom. The average Bonchev–Trinajstić information content (AvgIpc) is 2.51. The van der Waals surface area contributed by atoms with Gasteiger partial charge < -0.3 is 4.79 Å². The molecule has 2 rings (SSSR count). The minimum atomic E-state index is -2.78. The zero-order valence-corrected chi connectivity index (χ0v) is 6.88. The molecule has 0 spiro atoms. The van der Waals surface area contributed by atoms with Gasteiger partial charge >= 0.3 is 0 Å². The van der Waals surface area contributed by atoms with Crippen LogP contribution in [0.1, 0.15) is 12.8 Å². The number of hydrogen-bond acceptors (Lipinski definition) is 3. The molecule has 3 atom stereocenters. The van der Waals surface area contributed by atoms with Crippen LogP contribution in [0.4, 0.5) is 0 Å². The molecule has 0 aromatic carbocycles. The lowest BCUT2D eigenvalue weighted by atomic mass is 10.2. The van der Waals surface area contributed by atoms with Gasteiger partial charge in [-0.2, -0.15) is 0 Å². The smallest absolute Gasteiger partial charge is 0.153 e. The van der Waals surface area contributed by atoms with E-state index in [0.717, 1.165) is 12.7 Å². The first-order valence-electron chi connectivity index (χ1n) is 3.82. The summed E-state index contributed by atoms with van der Waals surface area (Å²) in [5.41, 5.74) is 0. The zero-order valence-electron chi connectivity index (χ0n) is 6.06. The van der Waals surface area contributed by atoms with E-state index in [4.69, 9.17) is 0 Å². The van der Waals surface area contributed by atoms with Gasteiger partial charge in [-0.1, -0.05) is 0 Å². The van der Waals surface area contributed by atoms with E-state index in [1.807, 2.05) is 0 Å². The van der Waals surface area contributed by atoms with Gasteiger partial charge in [0.2, 0.25) is 0 Å². The molecule has 0 N–H and O–H groups in total. The van der Waals surface area contributed by atoms with Crippen molar-refractivity contribution in [2.75, 3.05) is 5.75 Å². The molecule has 0 aromatic rings. The van der Waals surface area contributed by atoms with Crippen molar-refractivity contribution in [1.82, 2.24) is 0 Å². The standard InChI is InChI=1S/C7H10O3S/c8-3-1-5-6-2-4-11(9,10)7(5)6/h3,5-7H,1-2,4H2. The van der Waals surface area contributed by atoms with Crippen molar-refractivity contribution in [3.05, 3.63) is 0 Å². The highest BCUT2D eigenvalue weighted by Crippen LogP contribution is 2.53. The van der Waals surface area contributed by atoms with Crippen molar-refractivity contribution >= 4 is 16.1 Å². The van der Waals surface area contributed by atoms with Crippen LogP contribution >= 0.6 is 0 Å². The lowest BCUT2D eigenvalue weighted by Crippen LogP contribution is -2.09. The molecule has 4 heteroatoms. The fourth-order valence-electron chi connectivity index (χ4n) is 2.18. The Hall–Kier alpha value is -0.380. The number of carbonyl (C=O) groups is 1. The van der Waals surface area contributed by atoms with Crippen molar-refractivity contribution in [2.45, 2.75) is 18.1 Å². The third-order valence-corrected chi connectivity index (χ3v) is 5.11. The summed E-state index contributed by atoms with van der Waals surface area (Å²) in [6, 6.07) is 0. The Balaban J connectivity index is 2.13. The number of hydrogen-bond donors (Lipinski definition) is 0. The van der Waals surface area contributed by atoms with Crippen LogP contribution in [0.5, 0.6) is 0 Å². The van der Waals surface area contributed by atoms with Gasteiger partial charge in [-0.05, 0) is 18.3 Å². The SMILES string of the molecule is O=CCC1C2CCS(=O)(=O)C12. The predicted octanol–water partition coefficient (Wildman–Crippen LogP) is 0.00850. The largest absolute Gasteiger partial charge is 0.303 e. The van der Waals surface area contributed by atoms with E-state index in [-0.39, 0.29) is 11.2 Å². The van der Waals surface area contributed by atoms with Crippen molar-refractivity contribution < 1.29 is 13.2 Å². The summed E-state index contributed by atoms with van der Waals surface area (Å²) in [6.07, 6.45) is 2.05. The van der Waals surface area contributed by atoms with Crippen molar-refractivity contribution in [3.8, 4) is 0 Å². The molecular weight excluding hydrogens is 164 g/mol. The average molecular weight is 174 g/mol. The minimum absolute atomic E-state index is 0.146. The van der Waals surface area contributed by atoms with Gasteiger partial charge in [0.25, 0.3) is 0 Å². The molecule has 3 unspecified atom stereocenters. The molecule has 1 saturated heterocycles. The summed E-state index contributed by atoms with van der Waals surface area (Å²) in [6.45, 7) is 0. The second kappa shape index (κ2) is 2.06. The molecule has 0 bridgehead atoms. The Kier molecular flexibility index (Phi) is 1.36. The van der Waals surface area contributed by atoms with Gasteiger partial charge in [0.05, 0.1) is 11.0 Å². The van der Waals surface area contributed by atoms with E-state index in [1.54, 1.807) is 0 Å². The van der Waals surface area contributed by atoms with Crippen LogP contribution in [0.15, 0.2) is 0 Å². The molecule has 1 aliphatic carbocycles. The molecular formula is C7H10O3S. The predicted molar refractivity (Wildman–Crippen MR) is 39.9 cm³/mol. The molecule has 62 valence electrons. The maximum Gasteiger partial charge on any atom is 0.153 e. The van der Waals surface area contributed by atoms with Gasteiger partial charge in [-0.3, -0.25) is 0 Å². The lowest BCUT2D eigenvalue weighted by molar-refractivity contribution is -0.108.